The third-order valence-corrected chi connectivity index (χ3v) is 5.86. The monoisotopic (exact) mass is 525 g/mol. The highest BCUT2D eigenvalue weighted by molar-refractivity contribution is 5.92. The number of ether oxygens (including phenoxy) is 2. The number of hydrogen-bond acceptors (Lipinski definition) is 5. The maximum atomic E-state index is 13.9. The lowest BCUT2D eigenvalue weighted by Crippen LogP contribution is -2.20. The lowest BCUT2D eigenvalue weighted by molar-refractivity contribution is -0.154. The molecule has 0 bridgehead atoms. The third kappa shape index (κ3) is 5.82. The van der Waals surface area contributed by atoms with Gasteiger partial charge in [-0.2, -0.15) is 13.2 Å². The van der Waals surface area contributed by atoms with Crippen LogP contribution in [0.25, 0.3) is 11.0 Å². The van der Waals surface area contributed by atoms with Crippen LogP contribution in [0.1, 0.15) is 42.2 Å². The van der Waals surface area contributed by atoms with E-state index in [1.54, 1.807) is 24.3 Å². The van der Waals surface area contributed by atoms with Crippen molar-refractivity contribution in [1.82, 2.24) is 0 Å². The predicted molar refractivity (Wildman–Crippen MR) is 138 cm³/mol. The fourth-order valence-electron chi connectivity index (χ4n) is 3.97. The molecule has 0 aliphatic carbocycles. The number of benzene rings is 3. The molecule has 0 aliphatic heterocycles. The molecule has 1 N–H and O–H groups in total. The van der Waals surface area contributed by atoms with Gasteiger partial charge in [-0.15, -0.1) is 0 Å². The van der Waals surface area contributed by atoms with Gasteiger partial charge in [0.1, 0.15) is 17.1 Å². The average molecular weight is 526 g/mol. The Kier molecular flexibility index (Phi) is 7.48. The van der Waals surface area contributed by atoms with Crippen LogP contribution in [0, 0.1) is 13.8 Å². The van der Waals surface area contributed by atoms with Gasteiger partial charge in [0, 0.05) is 11.8 Å². The number of carbonyl (C=O) groups excluding carboxylic acids is 1. The van der Waals surface area contributed by atoms with Crippen LogP contribution >= 0.6 is 0 Å². The summed E-state index contributed by atoms with van der Waals surface area (Å²) in [7, 11) is 0. The minimum atomic E-state index is -5.00. The zero-order chi connectivity index (χ0) is 27.6. The Balaban J connectivity index is 1.63. The maximum Gasteiger partial charge on any atom is 0.453 e. The first-order valence-corrected chi connectivity index (χ1v) is 11.9. The molecule has 4 aromatic rings. The quantitative estimate of drug-likeness (QED) is 0.273. The molecule has 1 heterocycles. The van der Waals surface area contributed by atoms with E-state index in [-0.39, 0.29) is 28.4 Å². The number of anilines is 1. The molecule has 198 valence electrons. The van der Waals surface area contributed by atoms with Crippen molar-refractivity contribution < 1.29 is 31.9 Å². The van der Waals surface area contributed by atoms with Crippen LogP contribution in [0.4, 0.5) is 18.9 Å². The summed E-state index contributed by atoms with van der Waals surface area (Å²) in [6, 6.07) is 15.9. The molecule has 0 saturated carbocycles. The number of halogens is 3. The molecule has 6 nitrogen and oxygen atoms in total. The van der Waals surface area contributed by atoms with Gasteiger partial charge < -0.3 is 19.2 Å². The molecule has 9 heteroatoms. The number of amides is 1. The summed E-state index contributed by atoms with van der Waals surface area (Å²) < 4.78 is 58.0. The summed E-state index contributed by atoms with van der Waals surface area (Å²) in [5, 5.41) is 2.60. The largest absolute Gasteiger partial charge is 0.484 e. The van der Waals surface area contributed by atoms with Crippen molar-refractivity contribution in [3.63, 3.8) is 0 Å². The molecular weight excluding hydrogens is 499 g/mol. The Morgan fingerprint density at radius 2 is 1.76 bits per heavy atom. The lowest BCUT2D eigenvalue weighted by atomic mass is 10.0. The Morgan fingerprint density at radius 3 is 2.45 bits per heavy atom. The van der Waals surface area contributed by atoms with Gasteiger partial charge in [0.15, 0.2) is 6.61 Å². The minimum Gasteiger partial charge on any atom is -0.484 e. The zero-order valence-corrected chi connectivity index (χ0v) is 21.2. The molecule has 4 rings (SSSR count). The van der Waals surface area contributed by atoms with Crippen molar-refractivity contribution in [2.24, 2.45) is 0 Å². The zero-order valence-electron chi connectivity index (χ0n) is 21.2. The lowest BCUT2D eigenvalue weighted by Gasteiger charge is -2.16. The number of carbonyl (C=O) groups is 1. The van der Waals surface area contributed by atoms with Gasteiger partial charge in [0.2, 0.25) is 11.2 Å². The molecule has 0 saturated heterocycles. The third-order valence-electron chi connectivity index (χ3n) is 5.86. The molecule has 3 aromatic carbocycles. The van der Waals surface area contributed by atoms with E-state index in [1.165, 1.54) is 18.2 Å². The highest BCUT2D eigenvalue weighted by Crippen LogP contribution is 2.40. The molecule has 0 unspecified atom stereocenters. The van der Waals surface area contributed by atoms with Crippen molar-refractivity contribution in [3.8, 4) is 17.2 Å². The molecule has 0 atom stereocenters. The Hall–Kier alpha value is -4.27. The first kappa shape index (κ1) is 26.8. The maximum absolute atomic E-state index is 13.9. The number of para-hydroxylation sites is 1. The number of alkyl halides is 3. The van der Waals surface area contributed by atoms with E-state index in [2.05, 4.69) is 5.32 Å². The van der Waals surface area contributed by atoms with E-state index in [0.717, 1.165) is 17.2 Å². The van der Waals surface area contributed by atoms with Crippen LogP contribution < -0.4 is 20.2 Å². The van der Waals surface area contributed by atoms with Crippen molar-refractivity contribution >= 4 is 22.6 Å². The van der Waals surface area contributed by atoms with E-state index in [9.17, 15) is 22.8 Å². The summed E-state index contributed by atoms with van der Waals surface area (Å²) in [6.45, 7) is 7.11. The van der Waals surface area contributed by atoms with E-state index in [1.807, 2.05) is 39.8 Å². The number of nitrogens with one attached hydrogen (secondary N) is 1. The Bertz CT molecular complexity index is 1560. The minimum absolute atomic E-state index is 0.0557. The van der Waals surface area contributed by atoms with E-state index >= 15 is 0 Å². The molecule has 0 aliphatic rings. The smallest absolute Gasteiger partial charge is 0.453 e. The van der Waals surface area contributed by atoms with Gasteiger partial charge >= 0.3 is 6.18 Å². The van der Waals surface area contributed by atoms with Crippen LogP contribution in [0.2, 0.25) is 0 Å². The molecular formula is C29H26F3NO5. The van der Waals surface area contributed by atoms with Gasteiger partial charge in [-0.1, -0.05) is 49.7 Å². The molecule has 0 radical (unpaired) electrons. The average Bonchev–Trinajstić information content (AvgIpc) is 2.85. The van der Waals surface area contributed by atoms with Crippen LogP contribution in [0.5, 0.6) is 17.2 Å². The predicted octanol–water partition coefficient (Wildman–Crippen LogP) is 7.36. The first-order valence-electron chi connectivity index (χ1n) is 11.9. The van der Waals surface area contributed by atoms with Crippen molar-refractivity contribution in [2.75, 3.05) is 11.9 Å². The second-order valence-electron chi connectivity index (χ2n) is 9.19. The molecule has 0 fully saturated rings. The molecule has 38 heavy (non-hydrogen) atoms. The van der Waals surface area contributed by atoms with E-state index in [4.69, 9.17) is 13.9 Å². The molecule has 0 spiro atoms. The highest BCUT2D eigenvalue weighted by Gasteiger charge is 2.40. The van der Waals surface area contributed by atoms with Gasteiger partial charge in [-0.25, -0.2) is 0 Å². The summed E-state index contributed by atoms with van der Waals surface area (Å²) in [6.07, 6.45) is -5.00. The Labute approximate surface area is 217 Å². The standard InChI is InChI=1S/C29H26F3NO5/c1-16(2)20-7-5-6-8-23(20)37-27-26(35)21-11-10-19(14-24(21)38-28(27)29(30,31)32)36-15-25(34)33-22-12-9-17(3)13-18(22)4/h5-14,16H,15H2,1-4H3,(H,33,34). The van der Waals surface area contributed by atoms with Crippen molar-refractivity contribution in [1.29, 1.82) is 0 Å². The van der Waals surface area contributed by atoms with Crippen LogP contribution in [0.3, 0.4) is 0 Å². The Morgan fingerprint density at radius 1 is 1.03 bits per heavy atom. The number of fused-ring (bicyclic) bond motifs is 1. The van der Waals surface area contributed by atoms with Crippen molar-refractivity contribution in [3.05, 3.63) is 93.3 Å². The first-order chi connectivity index (χ1) is 17.9. The summed E-state index contributed by atoms with van der Waals surface area (Å²) in [5.41, 5.74) is 1.86. The molecule has 1 amide bonds. The number of rotatable bonds is 7. The van der Waals surface area contributed by atoms with Gasteiger partial charge in [0.25, 0.3) is 11.7 Å². The molecule has 1 aromatic heterocycles. The summed E-state index contributed by atoms with van der Waals surface area (Å²) in [4.78, 5) is 25.5. The number of hydrogen-bond donors (Lipinski definition) is 1. The van der Waals surface area contributed by atoms with Crippen LogP contribution in [-0.2, 0) is 11.0 Å². The normalized spacial score (nSPS) is 11.6. The summed E-state index contributed by atoms with van der Waals surface area (Å²) in [5.74, 6) is -2.82. The van der Waals surface area contributed by atoms with Gasteiger partial charge in [-0.05, 0) is 55.2 Å². The highest BCUT2D eigenvalue weighted by atomic mass is 19.4. The summed E-state index contributed by atoms with van der Waals surface area (Å²) >= 11 is 0. The van der Waals surface area contributed by atoms with Crippen LogP contribution in [-0.4, -0.2) is 12.5 Å². The fraction of sp³-hybridized carbons (Fsp3) is 0.241. The topological polar surface area (TPSA) is 77.8 Å². The number of aryl methyl sites for hydroxylation is 2. The van der Waals surface area contributed by atoms with Gasteiger partial charge in [0.05, 0.1) is 5.39 Å². The van der Waals surface area contributed by atoms with Crippen molar-refractivity contribution in [2.45, 2.75) is 39.8 Å². The SMILES string of the molecule is Cc1ccc(NC(=O)COc2ccc3c(=O)c(Oc4ccccc4C(C)C)c(C(F)(F)F)oc3c2)c(C)c1. The van der Waals surface area contributed by atoms with Crippen LogP contribution in [0.15, 0.2) is 69.9 Å². The fourth-order valence-corrected chi connectivity index (χ4v) is 3.97. The van der Waals surface area contributed by atoms with Gasteiger partial charge in [-0.3, -0.25) is 9.59 Å². The van der Waals surface area contributed by atoms with E-state index in [0.29, 0.717) is 11.3 Å². The van der Waals surface area contributed by atoms with E-state index < -0.39 is 35.6 Å². The second kappa shape index (κ2) is 10.6. The second-order valence-corrected chi connectivity index (χ2v) is 9.19.